The maximum Gasteiger partial charge on any atom is 0.282 e. The predicted molar refractivity (Wildman–Crippen MR) is 124 cm³/mol. The number of nitro groups is 1. The largest absolute Gasteiger partial charge is 0.292 e. The third-order valence-electron chi connectivity index (χ3n) is 4.47. The molecule has 164 valence electrons. The van der Waals surface area contributed by atoms with E-state index >= 15 is 0 Å². The van der Waals surface area contributed by atoms with Crippen LogP contribution >= 0.6 is 24.0 Å². The van der Waals surface area contributed by atoms with Crippen LogP contribution in [0.3, 0.4) is 0 Å². The first-order chi connectivity index (χ1) is 15.3. The number of carbonyl (C=O) groups excluding carboxylic acids is 3. The number of thioether (sulfide) groups is 1. The third-order valence-corrected chi connectivity index (χ3v) is 5.85. The number of hydrazine groups is 1. The molecule has 1 saturated heterocycles. The number of para-hydroxylation sites is 1. The van der Waals surface area contributed by atoms with Crippen LogP contribution in [-0.2, 0) is 9.59 Å². The number of aryl methyl sites for hydroxylation is 1. The molecule has 11 heteroatoms. The summed E-state index contributed by atoms with van der Waals surface area (Å²) in [6.45, 7) is 2.00. The van der Waals surface area contributed by atoms with E-state index in [-0.39, 0.29) is 30.1 Å². The first kappa shape index (κ1) is 23.1. The minimum Gasteiger partial charge on any atom is -0.292 e. The van der Waals surface area contributed by atoms with Gasteiger partial charge in [0.1, 0.15) is 9.88 Å². The normalized spacial score (nSPS) is 14.5. The van der Waals surface area contributed by atoms with Crippen molar-refractivity contribution in [2.45, 2.75) is 13.3 Å². The van der Waals surface area contributed by atoms with Crippen molar-refractivity contribution >= 4 is 57.8 Å². The van der Waals surface area contributed by atoms with Crippen molar-refractivity contribution in [2.24, 2.45) is 0 Å². The van der Waals surface area contributed by atoms with E-state index in [1.807, 2.05) is 31.2 Å². The number of thiocarbonyl (C=S) groups is 1. The van der Waals surface area contributed by atoms with E-state index in [0.717, 1.165) is 22.9 Å². The summed E-state index contributed by atoms with van der Waals surface area (Å²) < 4.78 is 0.338. The Labute approximate surface area is 193 Å². The lowest BCUT2D eigenvalue weighted by Crippen LogP contribution is -2.43. The lowest BCUT2D eigenvalue weighted by atomic mass is 10.1. The van der Waals surface area contributed by atoms with Gasteiger partial charge in [-0.3, -0.25) is 40.2 Å². The summed E-state index contributed by atoms with van der Waals surface area (Å²) in [5.41, 5.74) is 5.75. The summed E-state index contributed by atoms with van der Waals surface area (Å²) in [4.78, 5) is 49.0. The number of amides is 3. The first-order valence-corrected chi connectivity index (χ1v) is 10.6. The summed E-state index contributed by atoms with van der Waals surface area (Å²) in [6.07, 6.45) is 1.62. The van der Waals surface area contributed by atoms with Crippen LogP contribution in [0.5, 0.6) is 0 Å². The third kappa shape index (κ3) is 5.56. The summed E-state index contributed by atoms with van der Waals surface area (Å²) >= 11 is 6.41. The number of hydrogen-bond donors (Lipinski definition) is 2. The molecule has 0 atom stereocenters. The van der Waals surface area contributed by atoms with Gasteiger partial charge in [0.25, 0.3) is 17.5 Å². The highest BCUT2D eigenvalue weighted by molar-refractivity contribution is 8.26. The average molecular weight is 471 g/mol. The van der Waals surface area contributed by atoms with Crippen LogP contribution in [0.15, 0.2) is 53.4 Å². The number of nitrogens with zero attached hydrogens (tertiary/aromatic N) is 2. The van der Waals surface area contributed by atoms with Crippen LogP contribution < -0.4 is 10.9 Å². The van der Waals surface area contributed by atoms with Crippen molar-refractivity contribution in [1.82, 2.24) is 15.8 Å². The van der Waals surface area contributed by atoms with Gasteiger partial charge >= 0.3 is 0 Å². The molecule has 32 heavy (non-hydrogen) atoms. The second-order valence-corrected chi connectivity index (χ2v) is 8.45. The van der Waals surface area contributed by atoms with Crippen molar-refractivity contribution in [2.75, 3.05) is 6.54 Å². The van der Waals surface area contributed by atoms with Gasteiger partial charge in [-0.2, -0.15) is 0 Å². The van der Waals surface area contributed by atoms with Crippen LogP contribution in [0.25, 0.3) is 6.08 Å². The molecule has 0 radical (unpaired) electrons. The van der Waals surface area contributed by atoms with Gasteiger partial charge in [0, 0.05) is 19.0 Å². The van der Waals surface area contributed by atoms with Gasteiger partial charge in [-0.25, -0.2) is 0 Å². The molecule has 1 fully saturated rings. The van der Waals surface area contributed by atoms with Crippen molar-refractivity contribution < 1.29 is 19.3 Å². The van der Waals surface area contributed by atoms with E-state index in [1.54, 1.807) is 6.08 Å². The summed E-state index contributed by atoms with van der Waals surface area (Å²) in [7, 11) is 0. The van der Waals surface area contributed by atoms with Gasteiger partial charge < -0.3 is 0 Å². The Morgan fingerprint density at radius 3 is 2.53 bits per heavy atom. The number of benzene rings is 2. The van der Waals surface area contributed by atoms with Gasteiger partial charge in [0.05, 0.1) is 9.83 Å². The average Bonchev–Trinajstić information content (AvgIpc) is 3.04. The molecule has 3 rings (SSSR count). The maximum atomic E-state index is 12.6. The molecule has 2 aromatic carbocycles. The Kier molecular flexibility index (Phi) is 7.33. The summed E-state index contributed by atoms with van der Waals surface area (Å²) in [5, 5.41) is 11.0. The fourth-order valence-corrected chi connectivity index (χ4v) is 4.11. The van der Waals surface area contributed by atoms with E-state index < -0.39 is 16.7 Å². The molecule has 1 aliphatic heterocycles. The fourth-order valence-electron chi connectivity index (χ4n) is 2.80. The van der Waals surface area contributed by atoms with Crippen LogP contribution in [0.4, 0.5) is 5.69 Å². The molecule has 2 aromatic rings. The Bertz CT molecular complexity index is 1130. The molecule has 0 saturated carbocycles. The van der Waals surface area contributed by atoms with Crippen LogP contribution in [0.1, 0.15) is 27.9 Å². The van der Waals surface area contributed by atoms with E-state index in [1.165, 1.54) is 29.2 Å². The number of hydrogen-bond acceptors (Lipinski definition) is 7. The number of carbonyl (C=O) groups is 3. The highest BCUT2D eigenvalue weighted by Crippen LogP contribution is 2.32. The van der Waals surface area contributed by atoms with Crippen LogP contribution in [-0.4, -0.2) is 38.4 Å². The van der Waals surface area contributed by atoms with Crippen molar-refractivity contribution in [3.8, 4) is 0 Å². The van der Waals surface area contributed by atoms with Crippen LogP contribution in [0, 0.1) is 17.0 Å². The van der Waals surface area contributed by atoms with E-state index in [0.29, 0.717) is 9.23 Å². The van der Waals surface area contributed by atoms with Crippen molar-refractivity contribution in [3.05, 3.63) is 80.2 Å². The monoisotopic (exact) mass is 470 g/mol. The Balaban J connectivity index is 1.54. The van der Waals surface area contributed by atoms with Gasteiger partial charge in [-0.15, -0.1) is 0 Å². The zero-order valence-electron chi connectivity index (χ0n) is 16.9. The van der Waals surface area contributed by atoms with E-state index in [2.05, 4.69) is 10.9 Å². The zero-order chi connectivity index (χ0) is 23.3. The zero-order valence-corrected chi connectivity index (χ0v) is 18.5. The molecular weight excluding hydrogens is 452 g/mol. The number of rotatable bonds is 6. The number of nitrogens with one attached hydrogen (secondary N) is 2. The molecule has 2 N–H and O–H groups in total. The first-order valence-electron chi connectivity index (χ1n) is 9.41. The number of nitro benzene ring substituents is 1. The molecule has 0 spiro atoms. The molecule has 0 bridgehead atoms. The lowest BCUT2D eigenvalue weighted by molar-refractivity contribution is -0.385. The van der Waals surface area contributed by atoms with Crippen molar-refractivity contribution in [1.29, 1.82) is 0 Å². The second-order valence-electron chi connectivity index (χ2n) is 6.77. The van der Waals surface area contributed by atoms with Crippen LogP contribution in [0.2, 0.25) is 0 Å². The summed E-state index contributed by atoms with van der Waals surface area (Å²) in [5.74, 6) is -1.69. The SMILES string of the molecule is Cc1ccc(C=C2SC(=S)N(CCC(=O)NNC(=O)c3ccccc3[N+](=O)[O-])C2=O)cc1. The van der Waals surface area contributed by atoms with E-state index in [9.17, 15) is 24.5 Å². The molecule has 0 aliphatic carbocycles. The van der Waals surface area contributed by atoms with Gasteiger partial charge in [-0.05, 0) is 24.6 Å². The molecular formula is C21H18N4O5S2. The Morgan fingerprint density at radius 1 is 1.16 bits per heavy atom. The van der Waals surface area contributed by atoms with Gasteiger partial charge in [-0.1, -0.05) is 65.9 Å². The van der Waals surface area contributed by atoms with Gasteiger partial charge in [0.2, 0.25) is 5.91 Å². The molecule has 0 unspecified atom stereocenters. The van der Waals surface area contributed by atoms with E-state index in [4.69, 9.17) is 12.2 Å². The maximum absolute atomic E-state index is 12.6. The standard InChI is InChI=1S/C21H18N4O5S2/c1-13-6-8-14(9-7-13)12-17-20(28)24(21(31)32-17)11-10-18(26)22-23-19(27)15-4-2-3-5-16(15)25(29)30/h2-9,12H,10-11H2,1H3,(H,22,26)(H,23,27). The smallest absolute Gasteiger partial charge is 0.282 e. The summed E-state index contributed by atoms with van der Waals surface area (Å²) in [6, 6.07) is 13.1. The minimum absolute atomic E-state index is 0.0308. The van der Waals surface area contributed by atoms with Gasteiger partial charge in [0.15, 0.2) is 0 Å². The fraction of sp³-hybridized carbons (Fsp3) is 0.143. The highest BCUT2D eigenvalue weighted by Gasteiger charge is 2.32. The Hall–Kier alpha value is -3.57. The topological polar surface area (TPSA) is 122 Å². The highest BCUT2D eigenvalue weighted by atomic mass is 32.2. The van der Waals surface area contributed by atoms with Crippen molar-refractivity contribution in [3.63, 3.8) is 0 Å². The lowest BCUT2D eigenvalue weighted by Gasteiger charge is -2.14. The molecule has 0 aromatic heterocycles. The Morgan fingerprint density at radius 2 is 1.84 bits per heavy atom. The quantitative estimate of drug-likeness (QED) is 0.288. The predicted octanol–water partition coefficient (Wildman–Crippen LogP) is 2.96. The molecule has 9 nitrogen and oxygen atoms in total. The molecule has 3 amide bonds. The minimum atomic E-state index is -0.822. The molecule has 1 heterocycles. The second kappa shape index (κ2) is 10.2. The molecule has 1 aliphatic rings.